The highest BCUT2D eigenvalue weighted by Crippen LogP contribution is 2.25. The second-order valence-corrected chi connectivity index (χ2v) is 4.96. The van der Waals surface area contributed by atoms with Crippen molar-refractivity contribution in [2.75, 3.05) is 25.1 Å². The van der Waals surface area contributed by atoms with E-state index in [-0.39, 0.29) is 0 Å². The van der Waals surface area contributed by atoms with E-state index in [1.54, 1.807) is 7.11 Å². The summed E-state index contributed by atoms with van der Waals surface area (Å²) in [6.07, 6.45) is 2.18. The van der Waals surface area contributed by atoms with Gasteiger partial charge in [0.1, 0.15) is 0 Å². The van der Waals surface area contributed by atoms with Gasteiger partial charge in [0.15, 0.2) is 0 Å². The highest BCUT2D eigenvalue weighted by atomic mass is 79.9. The average molecular weight is 294 g/mol. The highest BCUT2D eigenvalue weighted by Gasteiger charge is 2.28. The fourth-order valence-corrected chi connectivity index (χ4v) is 2.37. The van der Waals surface area contributed by atoms with Crippen molar-refractivity contribution >= 4 is 32.8 Å². The zero-order valence-corrected chi connectivity index (χ0v) is 11.0. The molecule has 1 aliphatic rings. The number of ether oxygens (including phenoxy) is 1. The molecule has 17 heavy (non-hydrogen) atoms. The van der Waals surface area contributed by atoms with Crippen molar-refractivity contribution < 1.29 is 4.74 Å². The molecule has 1 aromatic carbocycles. The lowest BCUT2D eigenvalue weighted by molar-refractivity contribution is 0.0778. The molecule has 0 amide bonds. The van der Waals surface area contributed by atoms with Crippen LogP contribution in [0.2, 0.25) is 0 Å². The largest absolute Gasteiger partial charge is 0.378 e. The minimum absolute atomic E-state index is 0.316. The quantitative estimate of drug-likeness (QED) is 0.851. The first-order chi connectivity index (χ1) is 8.28. The summed E-state index contributed by atoms with van der Waals surface area (Å²) in [7, 11) is 1.74. The molecule has 1 aromatic heterocycles. The van der Waals surface area contributed by atoms with Crippen LogP contribution in [0.25, 0.3) is 10.9 Å². The predicted molar refractivity (Wildman–Crippen MR) is 70.2 cm³/mol. The van der Waals surface area contributed by atoms with Gasteiger partial charge in [0, 0.05) is 36.3 Å². The molecule has 3 rings (SSSR count). The van der Waals surface area contributed by atoms with Crippen LogP contribution in [0.1, 0.15) is 0 Å². The summed E-state index contributed by atoms with van der Waals surface area (Å²) in [6.45, 7) is 1.74. The minimum Gasteiger partial charge on any atom is -0.378 e. The van der Waals surface area contributed by atoms with Crippen molar-refractivity contribution in [2.45, 2.75) is 6.10 Å². The van der Waals surface area contributed by atoms with Crippen LogP contribution < -0.4 is 4.90 Å². The molecule has 0 aliphatic carbocycles. The van der Waals surface area contributed by atoms with Gasteiger partial charge in [-0.1, -0.05) is 22.0 Å². The fourth-order valence-electron chi connectivity index (χ4n) is 1.91. The number of benzene rings is 1. The Bertz CT molecular complexity index is 554. The molecular formula is C12H12BrN3O. The van der Waals surface area contributed by atoms with Crippen molar-refractivity contribution in [3.8, 4) is 0 Å². The molecule has 1 aliphatic heterocycles. The van der Waals surface area contributed by atoms with Crippen molar-refractivity contribution in [1.82, 2.24) is 9.97 Å². The van der Waals surface area contributed by atoms with Crippen LogP contribution in [0.3, 0.4) is 0 Å². The SMILES string of the molecule is COC1CN(c2ncc3c(Br)cccc3n2)C1. The van der Waals surface area contributed by atoms with Gasteiger partial charge in [-0.2, -0.15) is 0 Å². The summed E-state index contributed by atoms with van der Waals surface area (Å²) in [6, 6.07) is 5.98. The second-order valence-electron chi connectivity index (χ2n) is 4.11. The summed E-state index contributed by atoms with van der Waals surface area (Å²) in [4.78, 5) is 11.1. The molecule has 2 heterocycles. The molecule has 5 heteroatoms. The Morgan fingerprint density at radius 3 is 3.00 bits per heavy atom. The van der Waals surface area contributed by atoms with E-state index in [4.69, 9.17) is 4.74 Å². The molecular weight excluding hydrogens is 282 g/mol. The lowest BCUT2D eigenvalue weighted by Crippen LogP contribution is -2.52. The van der Waals surface area contributed by atoms with E-state index >= 15 is 0 Å². The molecule has 0 spiro atoms. The predicted octanol–water partition coefficient (Wildman–Crippen LogP) is 2.23. The molecule has 2 aromatic rings. The van der Waals surface area contributed by atoms with Crippen LogP contribution in [0.5, 0.6) is 0 Å². The van der Waals surface area contributed by atoms with Crippen molar-refractivity contribution in [2.24, 2.45) is 0 Å². The summed E-state index contributed by atoms with van der Waals surface area (Å²) in [5.74, 6) is 0.781. The van der Waals surface area contributed by atoms with Crippen LogP contribution in [-0.4, -0.2) is 36.3 Å². The molecule has 1 saturated heterocycles. The number of methoxy groups -OCH3 is 1. The first-order valence-electron chi connectivity index (χ1n) is 5.47. The van der Waals surface area contributed by atoms with Crippen LogP contribution in [0.4, 0.5) is 5.95 Å². The van der Waals surface area contributed by atoms with E-state index in [0.717, 1.165) is 34.4 Å². The number of aromatic nitrogens is 2. The van der Waals surface area contributed by atoms with Crippen LogP contribution in [0.15, 0.2) is 28.9 Å². The van der Waals surface area contributed by atoms with Gasteiger partial charge < -0.3 is 9.64 Å². The molecule has 1 fully saturated rings. The maximum absolute atomic E-state index is 5.24. The Balaban J connectivity index is 1.93. The number of halogens is 1. The highest BCUT2D eigenvalue weighted by molar-refractivity contribution is 9.10. The maximum Gasteiger partial charge on any atom is 0.226 e. The Labute approximate surface area is 108 Å². The van der Waals surface area contributed by atoms with Gasteiger partial charge in [0.05, 0.1) is 11.6 Å². The van der Waals surface area contributed by atoms with E-state index in [0.29, 0.717) is 6.10 Å². The molecule has 0 bridgehead atoms. The first-order valence-corrected chi connectivity index (χ1v) is 6.26. The fraction of sp³-hybridized carbons (Fsp3) is 0.333. The number of nitrogens with zero attached hydrogens (tertiary/aromatic N) is 3. The van der Waals surface area contributed by atoms with Gasteiger partial charge >= 0.3 is 0 Å². The molecule has 0 unspecified atom stereocenters. The van der Waals surface area contributed by atoms with E-state index in [9.17, 15) is 0 Å². The van der Waals surface area contributed by atoms with Crippen LogP contribution >= 0.6 is 15.9 Å². The zero-order valence-electron chi connectivity index (χ0n) is 9.43. The minimum atomic E-state index is 0.316. The average Bonchev–Trinajstić information content (AvgIpc) is 2.28. The molecule has 0 radical (unpaired) electrons. The maximum atomic E-state index is 5.24. The normalized spacial score (nSPS) is 16.2. The van der Waals surface area contributed by atoms with Crippen LogP contribution in [-0.2, 0) is 4.74 Å². The number of hydrogen-bond donors (Lipinski definition) is 0. The van der Waals surface area contributed by atoms with Gasteiger partial charge in [-0.3, -0.25) is 0 Å². The Morgan fingerprint density at radius 1 is 1.41 bits per heavy atom. The summed E-state index contributed by atoms with van der Waals surface area (Å²) >= 11 is 3.50. The Kier molecular flexibility index (Phi) is 2.72. The van der Waals surface area contributed by atoms with Crippen molar-refractivity contribution in [1.29, 1.82) is 0 Å². The van der Waals surface area contributed by atoms with Gasteiger partial charge in [0.25, 0.3) is 0 Å². The topological polar surface area (TPSA) is 38.2 Å². The Morgan fingerprint density at radius 2 is 2.24 bits per heavy atom. The van der Waals surface area contributed by atoms with E-state index in [1.807, 2.05) is 24.4 Å². The van der Waals surface area contributed by atoms with Crippen molar-refractivity contribution in [3.05, 3.63) is 28.9 Å². The molecule has 0 atom stereocenters. The number of rotatable bonds is 2. The second kappa shape index (κ2) is 4.23. The van der Waals surface area contributed by atoms with Gasteiger partial charge in [0.2, 0.25) is 5.95 Å². The number of fused-ring (bicyclic) bond motifs is 1. The number of anilines is 1. The zero-order chi connectivity index (χ0) is 11.8. The molecule has 4 nitrogen and oxygen atoms in total. The summed E-state index contributed by atoms with van der Waals surface area (Å²) in [5, 5.41) is 1.04. The van der Waals surface area contributed by atoms with Crippen LogP contribution in [0, 0.1) is 0 Å². The Hall–Kier alpha value is -1.20. The van der Waals surface area contributed by atoms with E-state index in [2.05, 4.69) is 30.8 Å². The standard InChI is InChI=1S/C12H12BrN3O/c1-17-8-6-16(7-8)12-14-5-9-10(13)3-2-4-11(9)15-12/h2-5,8H,6-7H2,1H3. The monoisotopic (exact) mass is 293 g/mol. The van der Waals surface area contributed by atoms with Crippen molar-refractivity contribution in [3.63, 3.8) is 0 Å². The lowest BCUT2D eigenvalue weighted by atomic mass is 10.2. The third-order valence-corrected chi connectivity index (χ3v) is 3.72. The smallest absolute Gasteiger partial charge is 0.226 e. The lowest BCUT2D eigenvalue weighted by Gasteiger charge is -2.38. The first kappa shape index (κ1) is 10.9. The molecule has 0 N–H and O–H groups in total. The molecule has 88 valence electrons. The summed E-state index contributed by atoms with van der Waals surface area (Å²) in [5.41, 5.74) is 0.963. The van der Waals surface area contributed by atoms with Gasteiger partial charge in [-0.25, -0.2) is 9.97 Å². The molecule has 0 saturated carbocycles. The third-order valence-electron chi connectivity index (χ3n) is 3.02. The third kappa shape index (κ3) is 1.89. The van der Waals surface area contributed by atoms with E-state index in [1.165, 1.54) is 0 Å². The summed E-state index contributed by atoms with van der Waals surface area (Å²) < 4.78 is 6.27. The van der Waals surface area contributed by atoms with Gasteiger partial charge in [-0.15, -0.1) is 0 Å². The van der Waals surface area contributed by atoms with E-state index < -0.39 is 0 Å². The number of hydrogen-bond acceptors (Lipinski definition) is 4. The van der Waals surface area contributed by atoms with Gasteiger partial charge in [-0.05, 0) is 12.1 Å².